The Bertz CT molecular complexity index is 1680. The van der Waals surface area contributed by atoms with Crippen molar-refractivity contribution < 1.29 is 32.1 Å². The van der Waals surface area contributed by atoms with E-state index in [1.807, 2.05) is 81.4 Å². The summed E-state index contributed by atoms with van der Waals surface area (Å²) in [5, 5.41) is 19.5. The lowest BCUT2D eigenvalue weighted by molar-refractivity contribution is -0.132. The Labute approximate surface area is 286 Å². The molecule has 10 nitrogen and oxygen atoms in total. The van der Waals surface area contributed by atoms with E-state index in [0.717, 1.165) is 29.0 Å². The molecule has 48 heavy (non-hydrogen) atoms. The summed E-state index contributed by atoms with van der Waals surface area (Å²) < 4.78 is 46.2. The summed E-state index contributed by atoms with van der Waals surface area (Å²) >= 11 is 0. The fraction of sp³-hybridized carbons (Fsp3) is 0.500. The van der Waals surface area contributed by atoms with Gasteiger partial charge in [0.2, 0.25) is 21.8 Å². The highest BCUT2D eigenvalue weighted by atomic mass is 32.2. The summed E-state index contributed by atoms with van der Waals surface area (Å²) in [4.78, 5) is 27.7. The van der Waals surface area contributed by atoms with Crippen molar-refractivity contribution in [2.75, 3.05) is 19.1 Å². The maximum absolute atomic E-state index is 13.8. The highest BCUT2D eigenvalue weighted by molar-refractivity contribution is 7.89. The van der Waals surface area contributed by atoms with E-state index < -0.39 is 56.4 Å². The first-order valence-electron chi connectivity index (χ1n) is 16.3. The van der Waals surface area contributed by atoms with Crippen LogP contribution in [0.3, 0.4) is 0 Å². The molecule has 0 radical (unpaired) electrons. The number of carbonyl (C=O) groups excluding carboxylic acids is 2. The van der Waals surface area contributed by atoms with Crippen LogP contribution in [0.25, 0.3) is 10.8 Å². The van der Waals surface area contributed by atoms with E-state index in [2.05, 4.69) is 15.4 Å². The van der Waals surface area contributed by atoms with Gasteiger partial charge in [-0.15, -0.1) is 0 Å². The van der Waals surface area contributed by atoms with Crippen molar-refractivity contribution in [2.24, 2.45) is 11.8 Å². The molecular weight excluding hydrogens is 651 g/mol. The summed E-state index contributed by atoms with van der Waals surface area (Å²) in [6.07, 6.45) is 2.24. The van der Waals surface area contributed by atoms with E-state index >= 15 is 0 Å². The van der Waals surface area contributed by atoms with Crippen molar-refractivity contribution in [3.63, 3.8) is 0 Å². The minimum absolute atomic E-state index is 0.0692. The van der Waals surface area contributed by atoms with Crippen LogP contribution in [-0.2, 0) is 41.6 Å². The predicted molar refractivity (Wildman–Crippen MR) is 189 cm³/mol. The second kappa shape index (κ2) is 16.5. The normalized spacial score (nSPS) is 21.2. The minimum Gasteiger partial charge on any atom is -0.391 e. The van der Waals surface area contributed by atoms with Crippen LogP contribution in [-0.4, -0.2) is 78.5 Å². The highest BCUT2D eigenvalue weighted by Gasteiger charge is 2.39. The standard InChI is InChI=1S/C36H49N3O7S2/c1-36(2,3)38-34(41)30-22-28(46-4)17-15-27(30)21-33(40)31(19-24-11-7-6-8-12-24)37-35(42)32(39-48(5,44)45)23-47(43)29-18-16-25-13-9-10-14-26(25)20-29/h6-14,16,18,20,27-28,30-33,39-40H,15,17,19,21-23H2,1-5H3,(H,37,42)(H,38,41)/t27?,28?,30?,31-,32+,33+,47?/m0/s1. The molecule has 0 saturated heterocycles. The first-order valence-corrected chi connectivity index (χ1v) is 19.5. The molecule has 0 aromatic heterocycles. The lowest BCUT2D eigenvalue weighted by Crippen LogP contribution is -2.55. The number of ether oxygens (including phenoxy) is 1. The number of aliphatic hydroxyl groups is 1. The summed E-state index contributed by atoms with van der Waals surface area (Å²) in [6.45, 7) is 5.76. The van der Waals surface area contributed by atoms with Gasteiger partial charge in [-0.25, -0.2) is 13.1 Å². The Balaban J connectivity index is 1.56. The van der Waals surface area contributed by atoms with Crippen molar-refractivity contribution in [2.45, 2.75) is 87.6 Å². The van der Waals surface area contributed by atoms with Crippen LogP contribution in [0.2, 0.25) is 0 Å². The average Bonchev–Trinajstić information content (AvgIpc) is 3.03. The third kappa shape index (κ3) is 11.2. The molecule has 0 spiro atoms. The van der Waals surface area contributed by atoms with E-state index in [1.165, 1.54) is 0 Å². The van der Waals surface area contributed by atoms with Crippen molar-refractivity contribution in [3.8, 4) is 0 Å². The number of aliphatic hydroxyl groups excluding tert-OH is 1. The number of hydrogen-bond acceptors (Lipinski definition) is 7. The molecule has 2 amide bonds. The molecule has 0 bridgehead atoms. The van der Waals surface area contributed by atoms with E-state index in [0.29, 0.717) is 17.7 Å². The molecule has 4 N–H and O–H groups in total. The number of carbonyl (C=O) groups is 2. The Morgan fingerprint density at radius 2 is 1.67 bits per heavy atom. The quantitative estimate of drug-likeness (QED) is 0.201. The topological polar surface area (TPSA) is 151 Å². The molecule has 0 aliphatic heterocycles. The van der Waals surface area contributed by atoms with Gasteiger partial charge in [0.05, 0.1) is 41.1 Å². The fourth-order valence-corrected chi connectivity index (χ4v) is 8.38. The molecule has 1 fully saturated rings. The lowest BCUT2D eigenvalue weighted by Gasteiger charge is -2.38. The van der Waals surface area contributed by atoms with Gasteiger partial charge in [-0.05, 0) is 87.3 Å². The van der Waals surface area contributed by atoms with Crippen molar-refractivity contribution in [3.05, 3.63) is 78.4 Å². The van der Waals surface area contributed by atoms with Crippen LogP contribution in [0.15, 0.2) is 77.7 Å². The molecule has 3 aromatic rings. The highest BCUT2D eigenvalue weighted by Crippen LogP contribution is 2.36. The zero-order valence-corrected chi connectivity index (χ0v) is 30.0. The number of amides is 2. The summed E-state index contributed by atoms with van der Waals surface area (Å²) in [7, 11) is -3.96. The van der Waals surface area contributed by atoms with Gasteiger partial charge in [-0.3, -0.25) is 13.8 Å². The third-order valence-electron chi connectivity index (χ3n) is 8.72. The number of fused-ring (bicyclic) bond motifs is 1. The van der Waals surface area contributed by atoms with Crippen LogP contribution < -0.4 is 15.4 Å². The summed E-state index contributed by atoms with van der Waals surface area (Å²) in [5.41, 5.74) is 0.429. The molecular formula is C36H49N3O7S2. The monoisotopic (exact) mass is 699 g/mol. The maximum atomic E-state index is 13.8. The van der Waals surface area contributed by atoms with Gasteiger partial charge >= 0.3 is 0 Å². The molecule has 4 unspecified atom stereocenters. The van der Waals surface area contributed by atoms with Gasteiger partial charge in [0.1, 0.15) is 6.04 Å². The Hall–Kier alpha value is -3.16. The van der Waals surface area contributed by atoms with Gasteiger partial charge in [-0.2, -0.15) is 0 Å². The third-order valence-corrected chi connectivity index (χ3v) is 10.9. The number of hydrogen-bond donors (Lipinski definition) is 4. The van der Waals surface area contributed by atoms with E-state index in [4.69, 9.17) is 4.74 Å². The molecule has 1 aliphatic carbocycles. The van der Waals surface area contributed by atoms with Gasteiger partial charge in [0.15, 0.2) is 0 Å². The zero-order valence-electron chi connectivity index (χ0n) is 28.3. The SMILES string of the molecule is COC1CCC(C[C@@H](O)[C@H](Cc2ccccc2)NC(=O)[C@@H](CS(=O)c2ccc3ccccc3c2)NS(C)(=O)=O)C(C(=O)NC(C)(C)C)C1. The minimum atomic E-state index is -3.87. The average molecular weight is 700 g/mol. The molecule has 1 saturated carbocycles. The van der Waals surface area contributed by atoms with E-state index in [9.17, 15) is 27.3 Å². The van der Waals surface area contributed by atoms with Crippen LogP contribution in [0.4, 0.5) is 0 Å². The van der Waals surface area contributed by atoms with Gasteiger partial charge in [-0.1, -0.05) is 60.7 Å². The van der Waals surface area contributed by atoms with Crippen molar-refractivity contribution in [1.82, 2.24) is 15.4 Å². The second-order valence-electron chi connectivity index (χ2n) is 13.8. The Morgan fingerprint density at radius 1 is 1.00 bits per heavy atom. The fourth-order valence-electron chi connectivity index (χ4n) is 6.36. The Kier molecular flexibility index (Phi) is 12.9. The van der Waals surface area contributed by atoms with Gasteiger partial charge in [0, 0.05) is 23.5 Å². The largest absolute Gasteiger partial charge is 0.391 e. The molecule has 262 valence electrons. The zero-order chi connectivity index (χ0) is 35.1. The first kappa shape index (κ1) is 37.7. The van der Waals surface area contributed by atoms with Crippen LogP contribution in [0, 0.1) is 11.8 Å². The summed E-state index contributed by atoms with van der Waals surface area (Å²) in [6, 6.07) is 20.1. The molecule has 7 atom stereocenters. The number of rotatable bonds is 14. The van der Waals surface area contributed by atoms with E-state index in [1.54, 1.807) is 19.2 Å². The second-order valence-corrected chi connectivity index (χ2v) is 17.1. The predicted octanol–water partition coefficient (Wildman–Crippen LogP) is 3.69. The maximum Gasteiger partial charge on any atom is 0.239 e. The van der Waals surface area contributed by atoms with Crippen LogP contribution in [0.5, 0.6) is 0 Å². The molecule has 1 aliphatic rings. The number of benzene rings is 3. The number of nitrogens with one attached hydrogen (secondary N) is 3. The first-order chi connectivity index (χ1) is 22.6. The molecule has 3 aromatic carbocycles. The number of methoxy groups -OCH3 is 1. The van der Waals surface area contributed by atoms with E-state index in [-0.39, 0.29) is 36.5 Å². The van der Waals surface area contributed by atoms with Crippen LogP contribution in [0.1, 0.15) is 52.0 Å². The van der Waals surface area contributed by atoms with Crippen molar-refractivity contribution >= 4 is 43.4 Å². The molecule has 12 heteroatoms. The molecule has 4 rings (SSSR count). The number of sulfonamides is 1. The van der Waals surface area contributed by atoms with Crippen LogP contribution >= 0.6 is 0 Å². The summed E-state index contributed by atoms with van der Waals surface area (Å²) in [5.74, 6) is -1.66. The van der Waals surface area contributed by atoms with Gasteiger partial charge in [0.25, 0.3) is 0 Å². The lowest BCUT2D eigenvalue weighted by atomic mass is 9.73. The Morgan fingerprint density at radius 3 is 2.31 bits per heavy atom. The van der Waals surface area contributed by atoms with Gasteiger partial charge < -0.3 is 20.5 Å². The smallest absolute Gasteiger partial charge is 0.239 e. The molecule has 0 heterocycles. The van der Waals surface area contributed by atoms with Crippen molar-refractivity contribution in [1.29, 1.82) is 0 Å².